The molecule has 1 fully saturated rings. The summed E-state index contributed by atoms with van der Waals surface area (Å²) in [5.41, 5.74) is 2.66. The van der Waals surface area contributed by atoms with Crippen molar-refractivity contribution in [1.82, 2.24) is 15.2 Å². The van der Waals surface area contributed by atoms with Gasteiger partial charge in [-0.2, -0.15) is 0 Å². The van der Waals surface area contributed by atoms with Crippen LogP contribution in [0.3, 0.4) is 0 Å². The monoisotopic (exact) mass is 419 g/mol. The van der Waals surface area contributed by atoms with Gasteiger partial charge in [-0.25, -0.2) is 0 Å². The van der Waals surface area contributed by atoms with Crippen LogP contribution in [0.25, 0.3) is 10.9 Å². The Balaban J connectivity index is 1.53. The predicted octanol–water partition coefficient (Wildman–Crippen LogP) is 3.57. The minimum absolute atomic E-state index is 0.0206. The third-order valence-corrected chi connectivity index (χ3v) is 6.09. The predicted molar refractivity (Wildman–Crippen MR) is 121 cm³/mol. The number of piperidine rings is 1. The standard InChI is InChI=1S/C25H29N3O3/c1-31-16-13-26-25(30)19-11-14-28(15-12-19)23(18-7-3-2-4-8-18)24(29)21-17-27-22-10-6-5-9-20(21)22/h2-10,17,19,23,27H,11-16H2,1H3,(H,26,30)/t23-/m0/s1. The van der Waals surface area contributed by atoms with Gasteiger partial charge in [0.05, 0.1) is 12.6 Å². The highest BCUT2D eigenvalue weighted by molar-refractivity contribution is 6.10. The number of rotatable bonds is 8. The van der Waals surface area contributed by atoms with Crippen LogP contribution in [0, 0.1) is 5.92 Å². The lowest BCUT2D eigenvalue weighted by molar-refractivity contribution is -0.126. The molecular weight excluding hydrogens is 390 g/mol. The van der Waals surface area contributed by atoms with E-state index in [1.54, 1.807) is 7.11 Å². The molecule has 1 aromatic heterocycles. The van der Waals surface area contributed by atoms with E-state index in [-0.39, 0.29) is 23.7 Å². The molecule has 6 nitrogen and oxygen atoms in total. The highest BCUT2D eigenvalue weighted by Gasteiger charge is 2.34. The lowest BCUT2D eigenvalue weighted by Crippen LogP contribution is -2.44. The van der Waals surface area contributed by atoms with Crippen LogP contribution in [-0.2, 0) is 9.53 Å². The molecule has 0 saturated carbocycles. The number of ether oxygens (including phenoxy) is 1. The van der Waals surface area contributed by atoms with Crippen molar-refractivity contribution in [2.75, 3.05) is 33.4 Å². The van der Waals surface area contributed by atoms with Gasteiger partial charge in [0.15, 0.2) is 5.78 Å². The van der Waals surface area contributed by atoms with Crippen LogP contribution >= 0.6 is 0 Å². The maximum atomic E-state index is 13.8. The van der Waals surface area contributed by atoms with Gasteiger partial charge in [0.2, 0.25) is 5.91 Å². The van der Waals surface area contributed by atoms with Gasteiger partial charge in [0, 0.05) is 42.2 Å². The van der Waals surface area contributed by atoms with Crippen LogP contribution in [0.1, 0.15) is 34.8 Å². The number of benzene rings is 2. The number of methoxy groups -OCH3 is 1. The Morgan fingerprint density at radius 1 is 1.10 bits per heavy atom. The molecule has 1 aliphatic rings. The molecule has 0 spiro atoms. The van der Waals surface area contributed by atoms with E-state index >= 15 is 0 Å². The minimum atomic E-state index is -0.363. The zero-order valence-electron chi connectivity index (χ0n) is 17.8. The lowest BCUT2D eigenvalue weighted by Gasteiger charge is -2.36. The number of nitrogens with one attached hydrogen (secondary N) is 2. The first-order valence-electron chi connectivity index (χ1n) is 10.8. The van der Waals surface area contributed by atoms with Gasteiger partial charge in [-0.3, -0.25) is 14.5 Å². The second-order valence-electron chi connectivity index (χ2n) is 8.02. The summed E-state index contributed by atoms with van der Waals surface area (Å²) >= 11 is 0. The van der Waals surface area contributed by atoms with Crippen LogP contribution in [0.2, 0.25) is 0 Å². The molecule has 2 heterocycles. The molecule has 0 unspecified atom stereocenters. The number of hydrogen-bond donors (Lipinski definition) is 2. The first-order valence-corrected chi connectivity index (χ1v) is 10.8. The molecule has 4 rings (SSSR count). The fourth-order valence-corrected chi connectivity index (χ4v) is 4.43. The molecular formula is C25H29N3O3. The van der Waals surface area contributed by atoms with E-state index in [1.807, 2.05) is 60.8 Å². The number of carbonyl (C=O) groups excluding carboxylic acids is 2. The van der Waals surface area contributed by atoms with Crippen LogP contribution in [0.15, 0.2) is 60.8 Å². The van der Waals surface area contributed by atoms with Crippen LogP contribution < -0.4 is 5.32 Å². The van der Waals surface area contributed by atoms with Gasteiger partial charge in [-0.15, -0.1) is 0 Å². The lowest BCUT2D eigenvalue weighted by atomic mass is 9.90. The Morgan fingerprint density at radius 3 is 2.55 bits per heavy atom. The summed E-state index contributed by atoms with van der Waals surface area (Å²) in [7, 11) is 1.62. The number of H-pyrrole nitrogens is 1. The molecule has 2 aromatic carbocycles. The molecule has 31 heavy (non-hydrogen) atoms. The minimum Gasteiger partial charge on any atom is -0.383 e. The van der Waals surface area contributed by atoms with E-state index in [0.29, 0.717) is 31.8 Å². The number of para-hydroxylation sites is 1. The third-order valence-electron chi connectivity index (χ3n) is 6.09. The van der Waals surface area contributed by atoms with E-state index in [0.717, 1.165) is 29.3 Å². The number of nitrogens with zero attached hydrogens (tertiary/aromatic N) is 1. The number of fused-ring (bicyclic) bond motifs is 1. The van der Waals surface area contributed by atoms with Crippen molar-refractivity contribution < 1.29 is 14.3 Å². The van der Waals surface area contributed by atoms with Crippen molar-refractivity contribution in [3.8, 4) is 0 Å². The molecule has 1 saturated heterocycles. The summed E-state index contributed by atoms with van der Waals surface area (Å²) in [6.45, 7) is 2.45. The Kier molecular flexibility index (Phi) is 6.79. The van der Waals surface area contributed by atoms with Crippen molar-refractivity contribution in [2.45, 2.75) is 18.9 Å². The van der Waals surface area contributed by atoms with Gasteiger partial charge < -0.3 is 15.0 Å². The molecule has 1 amide bonds. The molecule has 0 aliphatic carbocycles. The Morgan fingerprint density at radius 2 is 1.81 bits per heavy atom. The Labute approximate surface area is 182 Å². The number of ketones is 1. The van der Waals surface area contributed by atoms with Crippen LogP contribution in [0.5, 0.6) is 0 Å². The molecule has 162 valence electrons. The van der Waals surface area contributed by atoms with E-state index in [4.69, 9.17) is 4.74 Å². The van der Waals surface area contributed by atoms with Crippen molar-refractivity contribution in [3.63, 3.8) is 0 Å². The van der Waals surface area contributed by atoms with Crippen molar-refractivity contribution in [2.24, 2.45) is 5.92 Å². The number of aromatic nitrogens is 1. The Hall–Kier alpha value is -2.96. The first kappa shape index (κ1) is 21.3. The highest BCUT2D eigenvalue weighted by atomic mass is 16.5. The van der Waals surface area contributed by atoms with Crippen molar-refractivity contribution >= 4 is 22.6 Å². The Bertz CT molecular complexity index is 1020. The summed E-state index contributed by atoms with van der Waals surface area (Å²) < 4.78 is 5.01. The number of likely N-dealkylation sites (tertiary alicyclic amines) is 1. The molecule has 6 heteroatoms. The topological polar surface area (TPSA) is 74.4 Å². The molecule has 1 atom stereocenters. The van der Waals surface area contributed by atoms with Crippen LogP contribution in [-0.4, -0.2) is 54.9 Å². The SMILES string of the molecule is COCCNC(=O)C1CCN([C@H](C(=O)c2c[nH]c3ccccc23)c2ccccc2)CC1. The largest absolute Gasteiger partial charge is 0.383 e. The second kappa shape index (κ2) is 9.90. The highest BCUT2D eigenvalue weighted by Crippen LogP contribution is 2.32. The molecule has 2 N–H and O–H groups in total. The quantitative estimate of drug-likeness (QED) is 0.432. The first-order chi connectivity index (χ1) is 15.2. The summed E-state index contributed by atoms with van der Waals surface area (Å²) in [5, 5.41) is 3.89. The number of carbonyl (C=O) groups is 2. The van der Waals surface area contributed by atoms with Gasteiger partial charge in [-0.05, 0) is 37.6 Å². The van der Waals surface area contributed by atoms with Gasteiger partial charge >= 0.3 is 0 Å². The number of Topliss-reactive ketones (excluding diaryl/α,β-unsaturated/α-hetero) is 1. The van der Waals surface area contributed by atoms with E-state index in [2.05, 4.69) is 15.2 Å². The molecule has 0 bridgehead atoms. The zero-order valence-corrected chi connectivity index (χ0v) is 17.8. The third kappa shape index (κ3) is 4.70. The van der Waals surface area contributed by atoms with Crippen molar-refractivity contribution in [1.29, 1.82) is 0 Å². The van der Waals surface area contributed by atoms with E-state index in [1.165, 1.54) is 0 Å². The fourth-order valence-electron chi connectivity index (χ4n) is 4.43. The average molecular weight is 420 g/mol. The summed E-state index contributed by atoms with van der Waals surface area (Å²) in [4.78, 5) is 31.6. The zero-order chi connectivity index (χ0) is 21.6. The summed E-state index contributed by atoms with van der Waals surface area (Å²) in [6.07, 6.45) is 3.30. The molecule has 1 aliphatic heterocycles. The van der Waals surface area contributed by atoms with E-state index < -0.39 is 0 Å². The summed E-state index contributed by atoms with van der Waals surface area (Å²) in [6, 6.07) is 17.5. The number of hydrogen-bond acceptors (Lipinski definition) is 4. The van der Waals surface area contributed by atoms with Gasteiger partial charge in [0.25, 0.3) is 0 Å². The van der Waals surface area contributed by atoms with Gasteiger partial charge in [0.1, 0.15) is 0 Å². The van der Waals surface area contributed by atoms with E-state index in [9.17, 15) is 9.59 Å². The maximum absolute atomic E-state index is 13.8. The smallest absolute Gasteiger partial charge is 0.223 e. The second-order valence-corrected chi connectivity index (χ2v) is 8.02. The number of aromatic amines is 1. The molecule has 0 radical (unpaired) electrons. The molecule has 3 aromatic rings. The number of amides is 1. The maximum Gasteiger partial charge on any atom is 0.223 e. The van der Waals surface area contributed by atoms with Crippen LogP contribution in [0.4, 0.5) is 0 Å². The summed E-state index contributed by atoms with van der Waals surface area (Å²) in [5.74, 6) is 0.148. The average Bonchev–Trinajstić information content (AvgIpc) is 3.25. The fraction of sp³-hybridized carbons (Fsp3) is 0.360. The van der Waals surface area contributed by atoms with Crippen molar-refractivity contribution in [3.05, 3.63) is 71.9 Å². The normalized spacial score (nSPS) is 16.3. The van der Waals surface area contributed by atoms with Gasteiger partial charge in [-0.1, -0.05) is 48.5 Å².